The van der Waals surface area contributed by atoms with E-state index in [9.17, 15) is 0 Å². The molecule has 1 aliphatic rings. The van der Waals surface area contributed by atoms with Crippen molar-refractivity contribution >= 4 is 5.69 Å². The van der Waals surface area contributed by atoms with E-state index < -0.39 is 0 Å². The second-order valence-corrected chi connectivity index (χ2v) is 5.00. The summed E-state index contributed by atoms with van der Waals surface area (Å²) < 4.78 is 0. The molecule has 0 radical (unpaired) electrons. The first kappa shape index (κ1) is 10.4. The molecule has 0 bridgehead atoms. The summed E-state index contributed by atoms with van der Waals surface area (Å²) in [5.41, 5.74) is 6.92. The molecule has 0 amide bonds. The van der Waals surface area contributed by atoms with Gasteiger partial charge in [0, 0.05) is 11.7 Å². The van der Waals surface area contributed by atoms with Gasteiger partial charge in [0.1, 0.15) is 0 Å². The van der Waals surface area contributed by atoms with E-state index in [2.05, 4.69) is 61.6 Å². The highest BCUT2D eigenvalue weighted by molar-refractivity contribution is 5.78. The van der Waals surface area contributed by atoms with Gasteiger partial charge in [-0.2, -0.15) is 0 Å². The molecule has 17 heavy (non-hydrogen) atoms. The van der Waals surface area contributed by atoms with Crippen LogP contribution in [0.1, 0.15) is 25.0 Å². The summed E-state index contributed by atoms with van der Waals surface area (Å²) in [4.78, 5) is 0. The van der Waals surface area contributed by atoms with Crippen molar-refractivity contribution in [2.45, 2.75) is 26.3 Å². The lowest BCUT2D eigenvalue weighted by atomic mass is 10.1. The number of anilines is 1. The molecule has 0 aromatic heterocycles. The van der Waals surface area contributed by atoms with Gasteiger partial charge in [0.05, 0.1) is 0 Å². The van der Waals surface area contributed by atoms with Crippen molar-refractivity contribution < 1.29 is 0 Å². The van der Waals surface area contributed by atoms with Gasteiger partial charge in [-0.1, -0.05) is 30.3 Å². The molecule has 2 aromatic rings. The van der Waals surface area contributed by atoms with Crippen LogP contribution in [-0.2, 0) is 6.42 Å². The van der Waals surface area contributed by atoms with Crippen LogP contribution < -0.4 is 5.32 Å². The van der Waals surface area contributed by atoms with Crippen molar-refractivity contribution in [2.75, 3.05) is 5.32 Å². The van der Waals surface area contributed by atoms with Gasteiger partial charge in [0.15, 0.2) is 0 Å². The average molecular weight is 223 g/mol. The van der Waals surface area contributed by atoms with E-state index in [-0.39, 0.29) is 0 Å². The smallest absolute Gasteiger partial charge is 0.0345 e. The van der Waals surface area contributed by atoms with E-state index in [1.807, 2.05) is 0 Å². The fraction of sp³-hybridized carbons (Fsp3) is 0.250. The highest BCUT2D eigenvalue weighted by atomic mass is 14.9. The fourth-order valence-electron chi connectivity index (χ4n) is 2.57. The number of fused-ring (bicyclic) bond motifs is 3. The predicted octanol–water partition coefficient (Wildman–Crippen LogP) is 4.08. The highest BCUT2D eigenvalue weighted by Gasteiger charge is 2.17. The topological polar surface area (TPSA) is 12.0 Å². The Hall–Kier alpha value is -1.76. The summed E-state index contributed by atoms with van der Waals surface area (Å²) in [6, 6.07) is 15.9. The third-order valence-corrected chi connectivity index (χ3v) is 3.25. The molecule has 1 heteroatoms. The van der Waals surface area contributed by atoms with Crippen LogP contribution in [0.15, 0.2) is 42.5 Å². The molecule has 1 N–H and O–H groups in total. The van der Waals surface area contributed by atoms with E-state index >= 15 is 0 Å². The summed E-state index contributed by atoms with van der Waals surface area (Å²) in [6.45, 7) is 4.34. The SMILES string of the molecule is CC(C)Nc1ccc2c(c1)Cc1ccccc1-2. The summed E-state index contributed by atoms with van der Waals surface area (Å²) in [5, 5.41) is 3.46. The minimum atomic E-state index is 0.483. The van der Waals surface area contributed by atoms with E-state index in [1.54, 1.807) is 0 Å². The van der Waals surface area contributed by atoms with Crippen LogP contribution in [0.3, 0.4) is 0 Å². The first-order valence-corrected chi connectivity index (χ1v) is 6.22. The fourth-order valence-corrected chi connectivity index (χ4v) is 2.57. The number of hydrogen-bond acceptors (Lipinski definition) is 1. The Labute approximate surface area is 102 Å². The van der Waals surface area contributed by atoms with Gasteiger partial charge < -0.3 is 5.32 Å². The van der Waals surface area contributed by atoms with Crippen molar-refractivity contribution in [1.82, 2.24) is 0 Å². The largest absolute Gasteiger partial charge is 0.383 e. The average Bonchev–Trinajstić information content (AvgIpc) is 2.65. The molecule has 3 rings (SSSR count). The third kappa shape index (κ3) is 1.82. The molecule has 1 nitrogen and oxygen atoms in total. The molecule has 1 aliphatic carbocycles. The summed E-state index contributed by atoms with van der Waals surface area (Å²) in [5.74, 6) is 0. The van der Waals surface area contributed by atoms with Crippen LogP contribution in [0.2, 0.25) is 0 Å². The Morgan fingerprint density at radius 3 is 2.53 bits per heavy atom. The van der Waals surface area contributed by atoms with Gasteiger partial charge in [-0.05, 0) is 54.7 Å². The van der Waals surface area contributed by atoms with Crippen molar-refractivity contribution in [1.29, 1.82) is 0 Å². The van der Waals surface area contributed by atoms with E-state index in [1.165, 1.54) is 27.9 Å². The Kier molecular flexibility index (Phi) is 2.40. The quantitative estimate of drug-likeness (QED) is 0.690. The highest BCUT2D eigenvalue weighted by Crippen LogP contribution is 2.37. The normalized spacial score (nSPS) is 12.4. The Morgan fingerprint density at radius 2 is 1.71 bits per heavy atom. The standard InChI is InChI=1S/C16H17N/c1-11(2)17-14-7-8-16-13(10-14)9-12-5-3-4-6-15(12)16/h3-8,10-11,17H,9H2,1-2H3. The summed E-state index contributed by atoms with van der Waals surface area (Å²) in [6.07, 6.45) is 1.07. The minimum absolute atomic E-state index is 0.483. The molecule has 0 heterocycles. The van der Waals surface area contributed by atoms with Crippen LogP contribution in [-0.4, -0.2) is 6.04 Å². The van der Waals surface area contributed by atoms with Gasteiger partial charge in [0.2, 0.25) is 0 Å². The molecule has 0 saturated heterocycles. The molecule has 0 spiro atoms. The number of rotatable bonds is 2. The summed E-state index contributed by atoms with van der Waals surface area (Å²) >= 11 is 0. The lowest BCUT2D eigenvalue weighted by Gasteiger charge is -2.11. The second-order valence-electron chi connectivity index (χ2n) is 5.00. The number of hydrogen-bond donors (Lipinski definition) is 1. The molecule has 0 fully saturated rings. The molecule has 0 aliphatic heterocycles. The Morgan fingerprint density at radius 1 is 0.941 bits per heavy atom. The van der Waals surface area contributed by atoms with Crippen LogP contribution in [0.4, 0.5) is 5.69 Å². The third-order valence-electron chi connectivity index (χ3n) is 3.25. The maximum atomic E-state index is 3.46. The van der Waals surface area contributed by atoms with Crippen molar-refractivity contribution in [3.05, 3.63) is 53.6 Å². The van der Waals surface area contributed by atoms with E-state index in [0.717, 1.165) is 6.42 Å². The monoisotopic (exact) mass is 223 g/mol. The van der Waals surface area contributed by atoms with Crippen molar-refractivity contribution in [3.63, 3.8) is 0 Å². The van der Waals surface area contributed by atoms with Crippen LogP contribution in [0.25, 0.3) is 11.1 Å². The molecule has 2 aromatic carbocycles. The van der Waals surface area contributed by atoms with E-state index in [4.69, 9.17) is 0 Å². The Balaban J connectivity index is 2.01. The lowest BCUT2D eigenvalue weighted by molar-refractivity contribution is 0.899. The van der Waals surface area contributed by atoms with E-state index in [0.29, 0.717) is 6.04 Å². The van der Waals surface area contributed by atoms with Crippen molar-refractivity contribution in [3.8, 4) is 11.1 Å². The van der Waals surface area contributed by atoms with Gasteiger partial charge in [-0.3, -0.25) is 0 Å². The maximum Gasteiger partial charge on any atom is 0.0345 e. The molecule has 0 atom stereocenters. The van der Waals surface area contributed by atoms with Crippen LogP contribution in [0.5, 0.6) is 0 Å². The molecular formula is C16H17N. The van der Waals surface area contributed by atoms with Crippen LogP contribution >= 0.6 is 0 Å². The zero-order valence-electron chi connectivity index (χ0n) is 10.3. The van der Waals surface area contributed by atoms with Crippen molar-refractivity contribution in [2.24, 2.45) is 0 Å². The van der Waals surface area contributed by atoms with Gasteiger partial charge in [-0.15, -0.1) is 0 Å². The zero-order chi connectivity index (χ0) is 11.8. The maximum absolute atomic E-state index is 3.46. The van der Waals surface area contributed by atoms with Crippen LogP contribution in [0, 0.1) is 0 Å². The number of benzene rings is 2. The van der Waals surface area contributed by atoms with Gasteiger partial charge in [-0.25, -0.2) is 0 Å². The first-order chi connectivity index (χ1) is 8.24. The molecule has 86 valence electrons. The zero-order valence-corrected chi connectivity index (χ0v) is 10.3. The minimum Gasteiger partial charge on any atom is -0.383 e. The number of nitrogens with one attached hydrogen (secondary N) is 1. The molecular weight excluding hydrogens is 206 g/mol. The Bertz CT molecular complexity index is 555. The lowest BCUT2D eigenvalue weighted by Crippen LogP contribution is -2.09. The van der Waals surface area contributed by atoms with Gasteiger partial charge in [0.25, 0.3) is 0 Å². The molecule has 0 unspecified atom stereocenters. The summed E-state index contributed by atoms with van der Waals surface area (Å²) in [7, 11) is 0. The first-order valence-electron chi connectivity index (χ1n) is 6.22. The second kappa shape index (κ2) is 3.92. The predicted molar refractivity (Wildman–Crippen MR) is 73.4 cm³/mol. The molecule has 0 saturated carbocycles. The van der Waals surface area contributed by atoms with Gasteiger partial charge >= 0.3 is 0 Å².